The topological polar surface area (TPSA) is 140 Å². The quantitative estimate of drug-likeness (QED) is 0.400. The van der Waals surface area contributed by atoms with E-state index >= 15 is 0 Å². The minimum Gasteiger partial charge on any atom is -0.322 e. The molecular formula is C21H15N7O2S. The van der Waals surface area contributed by atoms with E-state index in [1.807, 2.05) is 18.2 Å². The second kappa shape index (κ2) is 9.06. The Balaban J connectivity index is 1.73. The summed E-state index contributed by atoms with van der Waals surface area (Å²) in [6.45, 7) is 0. The number of anilines is 1. The molecule has 0 aliphatic heterocycles. The number of nitrogens with zero attached hydrogens (tertiary/aromatic N) is 4. The van der Waals surface area contributed by atoms with Gasteiger partial charge in [-0.1, -0.05) is 53.4 Å². The Hall–Kier alpha value is -4.23. The van der Waals surface area contributed by atoms with Gasteiger partial charge in [-0.25, -0.2) is 0 Å². The predicted octanol–water partition coefficient (Wildman–Crippen LogP) is 2.97. The number of nitriles is 1. The number of aromatic amines is 2. The number of nitrogens with one attached hydrogen (secondary N) is 3. The molecule has 9 nitrogen and oxygen atoms in total. The molecule has 10 heteroatoms. The van der Waals surface area contributed by atoms with Crippen LogP contribution in [0.1, 0.15) is 21.7 Å². The Labute approximate surface area is 180 Å². The number of thioether (sulfide) groups is 1. The number of hydrogen-bond donors (Lipinski definition) is 3. The van der Waals surface area contributed by atoms with E-state index in [2.05, 4.69) is 37.0 Å². The maximum atomic E-state index is 12.9. The maximum absolute atomic E-state index is 12.9. The van der Waals surface area contributed by atoms with E-state index in [9.17, 15) is 14.9 Å². The summed E-state index contributed by atoms with van der Waals surface area (Å²) < 4.78 is 0. The van der Waals surface area contributed by atoms with E-state index in [1.54, 1.807) is 36.4 Å². The molecule has 31 heavy (non-hydrogen) atoms. The van der Waals surface area contributed by atoms with Crippen molar-refractivity contribution >= 4 is 23.4 Å². The molecule has 0 aliphatic rings. The second-order valence-electron chi connectivity index (χ2n) is 6.35. The number of carbonyl (C=O) groups is 1. The van der Waals surface area contributed by atoms with Crippen molar-refractivity contribution in [2.45, 2.75) is 10.8 Å². The third-order valence-electron chi connectivity index (χ3n) is 4.35. The van der Waals surface area contributed by atoms with Gasteiger partial charge in [-0.3, -0.25) is 9.59 Å². The molecule has 4 aromatic rings. The largest absolute Gasteiger partial charge is 0.322 e. The smallest absolute Gasteiger partial charge is 0.256 e. The minimum absolute atomic E-state index is 0.257. The molecule has 2 heterocycles. The number of amides is 1. The molecule has 0 fully saturated rings. The number of aromatic nitrogens is 5. The monoisotopic (exact) mass is 429 g/mol. The summed E-state index contributed by atoms with van der Waals surface area (Å²) in [6, 6.07) is 19.4. The first-order chi connectivity index (χ1) is 15.2. The Bertz CT molecular complexity index is 1310. The predicted molar refractivity (Wildman–Crippen MR) is 115 cm³/mol. The fraction of sp³-hybridized carbons (Fsp3) is 0.0476. The van der Waals surface area contributed by atoms with Gasteiger partial charge in [0.05, 0.1) is 16.3 Å². The Kier molecular flexibility index (Phi) is 5.86. The number of tetrazole rings is 1. The summed E-state index contributed by atoms with van der Waals surface area (Å²) in [5.74, 6) is 0.399. The van der Waals surface area contributed by atoms with Gasteiger partial charge < -0.3 is 10.3 Å². The Morgan fingerprint density at radius 1 is 1.10 bits per heavy atom. The first-order valence-corrected chi connectivity index (χ1v) is 10.1. The summed E-state index contributed by atoms with van der Waals surface area (Å²) in [4.78, 5) is 28.0. The molecule has 0 unspecified atom stereocenters. The van der Waals surface area contributed by atoms with Crippen LogP contribution >= 0.6 is 11.8 Å². The first-order valence-electron chi connectivity index (χ1n) is 9.14. The van der Waals surface area contributed by atoms with Crippen molar-refractivity contribution in [1.29, 1.82) is 5.26 Å². The van der Waals surface area contributed by atoms with Gasteiger partial charge in [-0.05, 0) is 23.8 Å². The highest BCUT2D eigenvalue weighted by Crippen LogP contribution is 2.32. The average Bonchev–Trinajstić information content (AvgIpc) is 3.31. The van der Waals surface area contributed by atoms with Crippen molar-refractivity contribution in [1.82, 2.24) is 25.6 Å². The summed E-state index contributed by atoms with van der Waals surface area (Å²) in [7, 11) is 0. The van der Waals surface area contributed by atoms with E-state index < -0.39 is 0 Å². The molecule has 0 spiro atoms. The molecule has 152 valence electrons. The lowest BCUT2D eigenvalue weighted by Gasteiger charge is -2.13. The van der Waals surface area contributed by atoms with Crippen LogP contribution in [-0.2, 0) is 5.75 Å². The van der Waals surface area contributed by atoms with E-state index in [0.717, 1.165) is 0 Å². The maximum Gasteiger partial charge on any atom is 0.256 e. The lowest BCUT2D eigenvalue weighted by molar-refractivity contribution is 0.102. The number of hydrogen-bond acceptors (Lipinski definition) is 7. The van der Waals surface area contributed by atoms with E-state index in [-0.39, 0.29) is 17.0 Å². The van der Waals surface area contributed by atoms with Crippen molar-refractivity contribution in [2.24, 2.45) is 0 Å². The van der Waals surface area contributed by atoms with Gasteiger partial charge in [0.15, 0.2) is 5.82 Å². The van der Waals surface area contributed by atoms with Gasteiger partial charge in [0, 0.05) is 22.9 Å². The molecule has 0 bridgehead atoms. The summed E-state index contributed by atoms with van der Waals surface area (Å²) in [5, 5.41) is 26.6. The van der Waals surface area contributed by atoms with Crippen molar-refractivity contribution in [3.05, 3.63) is 88.0 Å². The van der Waals surface area contributed by atoms with Gasteiger partial charge >= 0.3 is 0 Å². The molecule has 3 N–H and O–H groups in total. The van der Waals surface area contributed by atoms with Gasteiger partial charge in [0.1, 0.15) is 6.07 Å². The van der Waals surface area contributed by atoms with Gasteiger partial charge in [0.25, 0.3) is 5.91 Å². The highest BCUT2D eigenvalue weighted by Gasteiger charge is 2.19. The molecule has 2 aromatic carbocycles. The zero-order valence-corrected chi connectivity index (χ0v) is 16.8. The number of benzene rings is 2. The molecule has 0 radical (unpaired) electrons. The number of H-pyrrole nitrogens is 2. The summed E-state index contributed by atoms with van der Waals surface area (Å²) >= 11 is 1.21. The van der Waals surface area contributed by atoms with E-state index in [1.165, 1.54) is 17.8 Å². The molecular weight excluding hydrogens is 414 g/mol. The van der Waals surface area contributed by atoms with Crippen LogP contribution in [0.15, 0.2) is 70.5 Å². The number of para-hydroxylation sites is 1. The Morgan fingerprint density at radius 2 is 1.87 bits per heavy atom. The Morgan fingerprint density at radius 3 is 2.61 bits per heavy atom. The van der Waals surface area contributed by atoms with Crippen LogP contribution in [-0.4, -0.2) is 31.5 Å². The summed E-state index contributed by atoms with van der Waals surface area (Å²) in [5.41, 5.74) is 1.73. The van der Waals surface area contributed by atoms with Crippen LogP contribution in [0.25, 0.3) is 11.1 Å². The molecule has 0 saturated heterocycles. The van der Waals surface area contributed by atoms with Gasteiger partial charge in [0.2, 0.25) is 5.56 Å². The molecule has 4 rings (SSSR count). The highest BCUT2D eigenvalue weighted by molar-refractivity contribution is 7.98. The molecule has 0 atom stereocenters. The van der Waals surface area contributed by atoms with Crippen LogP contribution in [0.2, 0.25) is 0 Å². The zero-order chi connectivity index (χ0) is 21.6. The average molecular weight is 429 g/mol. The van der Waals surface area contributed by atoms with Crippen LogP contribution < -0.4 is 10.9 Å². The third-order valence-corrected chi connectivity index (χ3v) is 5.35. The lowest BCUT2D eigenvalue weighted by Crippen LogP contribution is -2.14. The normalized spacial score (nSPS) is 10.4. The fourth-order valence-electron chi connectivity index (χ4n) is 2.98. The van der Waals surface area contributed by atoms with Gasteiger partial charge in [-0.2, -0.15) is 10.5 Å². The van der Waals surface area contributed by atoms with E-state index in [4.69, 9.17) is 0 Å². The van der Waals surface area contributed by atoms with Crippen LogP contribution in [0.4, 0.5) is 5.69 Å². The lowest BCUT2D eigenvalue weighted by atomic mass is 9.96. The van der Waals surface area contributed by atoms with Crippen LogP contribution in [0.5, 0.6) is 0 Å². The molecule has 0 saturated carbocycles. The molecule has 2 aromatic heterocycles. The minimum atomic E-state index is -0.386. The molecule has 0 aliphatic carbocycles. The van der Waals surface area contributed by atoms with Crippen molar-refractivity contribution in [3.8, 4) is 17.2 Å². The van der Waals surface area contributed by atoms with Crippen molar-refractivity contribution in [2.75, 3.05) is 5.32 Å². The number of pyridine rings is 1. The zero-order valence-electron chi connectivity index (χ0n) is 16.0. The van der Waals surface area contributed by atoms with Crippen LogP contribution in [0.3, 0.4) is 0 Å². The third kappa shape index (κ3) is 4.52. The van der Waals surface area contributed by atoms with Gasteiger partial charge in [-0.15, -0.1) is 10.2 Å². The number of carbonyl (C=O) groups excluding carboxylic acids is 1. The fourth-order valence-corrected chi connectivity index (χ4v) is 3.85. The highest BCUT2D eigenvalue weighted by atomic mass is 32.2. The first kappa shape index (κ1) is 20.1. The standard InChI is InChI=1S/C21H15N7O2S/c22-11-17-16(10-19(29)24-21(17)31-12-18-25-27-28-26-18)14-8-4-5-9-15(14)20(30)23-13-6-2-1-3-7-13/h1-10H,12H2,(H,23,30)(H,24,29)(H,25,26,27,28). The SMILES string of the molecule is N#Cc1c(-c2ccccc2C(=O)Nc2ccccc2)cc(=O)[nH]c1SCc1nn[nH]n1. The second-order valence-corrected chi connectivity index (χ2v) is 7.33. The van der Waals surface area contributed by atoms with Crippen molar-refractivity contribution in [3.63, 3.8) is 0 Å². The van der Waals surface area contributed by atoms with Crippen LogP contribution in [0, 0.1) is 11.3 Å². The van der Waals surface area contributed by atoms with Crippen molar-refractivity contribution < 1.29 is 4.79 Å². The molecule has 1 amide bonds. The summed E-state index contributed by atoms with van der Waals surface area (Å²) in [6.07, 6.45) is 0. The van der Waals surface area contributed by atoms with E-state index in [0.29, 0.717) is 39.0 Å². The number of rotatable bonds is 6.